The van der Waals surface area contributed by atoms with Crippen molar-refractivity contribution in [1.29, 1.82) is 0 Å². The van der Waals surface area contributed by atoms with Gasteiger partial charge in [-0.2, -0.15) is 0 Å². The van der Waals surface area contributed by atoms with Gasteiger partial charge in [-0.1, -0.05) is 18.5 Å². The van der Waals surface area contributed by atoms with Gasteiger partial charge in [0.1, 0.15) is 5.15 Å². The van der Waals surface area contributed by atoms with Gasteiger partial charge >= 0.3 is 0 Å². The highest BCUT2D eigenvalue weighted by Gasteiger charge is 2.27. The van der Waals surface area contributed by atoms with E-state index in [2.05, 4.69) is 20.9 Å². The second kappa shape index (κ2) is 4.57. The van der Waals surface area contributed by atoms with Crippen LogP contribution in [0.15, 0.2) is 16.7 Å². The molecular formula is C9H12BrClN2O. The maximum absolute atomic E-state index is 9.27. The van der Waals surface area contributed by atoms with Crippen LogP contribution in [0.3, 0.4) is 0 Å². The van der Waals surface area contributed by atoms with E-state index < -0.39 is 5.41 Å². The van der Waals surface area contributed by atoms with Gasteiger partial charge in [-0.15, -0.1) is 0 Å². The first kappa shape index (κ1) is 11.9. The quantitative estimate of drug-likeness (QED) is 0.828. The smallest absolute Gasteiger partial charge is 0.132 e. The summed E-state index contributed by atoms with van der Waals surface area (Å²) in [6.07, 6.45) is 1.61. The molecule has 1 rings (SSSR count). The molecule has 1 aromatic heterocycles. The van der Waals surface area contributed by atoms with E-state index >= 15 is 0 Å². The third-order valence-corrected chi connectivity index (χ3v) is 2.99. The lowest BCUT2D eigenvalue weighted by molar-refractivity contribution is 0.210. The van der Waals surface area contributed by atoms with Crippen molar-refractivity contribution in [1.82, 2.24) is 4.98 Å². The Labute approximate surface area is 96.4 Å². The molecule has 0 aliphatic carbocycles. The first-order valence-electron chi connectivity index (χ1n) is 4.16. The molecule has 5 heteroatoms. The zero-order valence-electron chi connectivity index (χ0n) is 7.80. The van der Waals surface area contributed by atoms with Crippen LogP contribution in [0.4, 0.5) is 0 Å². The van der Waals surface area contributed by atoms with E-state index in [0.717, 1.165) is 10.0 Å². The second-order valence-electron chi connectivity index (χ2n) is 3.41. The van der Waals surface area contributed by atoms with E-state index in [1.54, 1.807) is 6.20 Å². The molecular weight excluding hydrogens is 267 g/mol. The Hall–Kier alpha value is -0.160. The predicted octanol–water partition coefficient (Wildman–Crippen LogP) is 1.71. The minimum absolute atomic E-state index is 0.0542. The Balaban J connectivity index is 3.22. The summed E-state index contributed by atoms with van der Waals surface area (Å²) in [5.74, 6) is 0. The zero-order valence-corrected chi connectivity index (χ0v) is 10.1. The highest BCUT2D eigenvalue weighted by atomic mass is 79.9. The van der Waals surface area contributed by atoms with Crippen molar-refractivity contribution in [3.63, 3.8) is 0 Å². The third kappa shape index (κ3) is 2.25. The molecule has 0 spiro atoms. The molecule has 0 saturated heterocycles. The Morgan fingerprint density at radius 1 is 1.71 bits per heavy atom. The fourth-order valence-electron chi connectivity index (χ4n) is 1.11. The fourth-order valence-corrected chi connectivity index (χ4v) is 1.77. The van der Waals surface area contributed by atoms with Crippen molar-refractivity contribution >= 4 is 27.5 Å². The fraction of sp³-hybridized carbons (Fsp3) is 0.444. The molecule has 1 atom stereocenters. The van der Waals surface area contributed by atoms with Gasteiger partial charge in [-0.3, -0.25) is 0 Å². The number of hydrogen-bond donors (Lipinski definition) is 2. The lowest BCUT2D eigenvalue weighted by Crippen LogP contribution is -2.36. The van der Waals surface area contributed by atoms with Crippen molar-refractivity contribution in [2.45, 2.75) is 12.3 Å². The number of nitrogens with two attached hydrogens (primary N) is 1. The molecule has 1 aromatic rings. The Morgan fingerprint density at radius 3 is 2.86 bits per heavy atom. The summed E-state index contributed by atoms with van der Waals surface area (Å²) in [7, 11) is 0. The number of aliphatic hydroxyl groups is 1. The van der Waals surface area contributed by atoms with Gasteiger partial charge in [0.25, 0.3) is 0 Å². The van der Waals surface area contributed by atoms with E-state index in [4.69, 9.17) is 17.3 Å². The van der Waals surface area contributed by atoms with Gasteiger partial charge < -0.3 is 10.8 Å². The molecule has 3 nitrogen and oxygen atoms in total. The molecule has 0 aromatic carbocycles. The van der Waals surface area contributed by atoms with Gasteiger partial charge in [-0.25, -0.2) is 4.98 Å². The summed E-state index contributed by atoms with van der Waals surface area (Å²) in [6, 6.07) is 1.83. The standard InChI is InChI=1S/C9H12BrClN2O/c1-9(4-12,5-14)7-2-6(10)3-13-8(7)11/h2-3,14H,4-5,12H2,1H3. The van der Waals surface area contributed by atoms with Crippen molar-refractivity contribution in [2.75, 3.05) is 13.2 Å². The minimum Gasteiger partial charge on any atom is -0.395 e. The Kier molecular flexibility index (Phi) is 3.89. The molecule has 0 aliphatic heterocycles. The molecule has 3 N–H and O–H groups in total. The molecule has 0 saturated carbocycles. The van der Waals surface area contributed by atoms with Crippen LogP contribution < -0.4 is 5.73 Å². The number of rotatable bonds is 3. The average molecular weight is 280 g/mol. The summed E-state index contributed by atoms with van der Waals surface area (Å²) in [5.41, 5.74) is 5.84. The highest BCUT2D eigenvalue weighted by Crippen LogP contribution is 2.29. The van der Waals surface area contributed by atoms with Crippen LogP contribution in [0.25, 0.3) is 0 Å². The maximum Gasteiger partial charge on any atom is 0.132 e. The molecule has 78 valence electrons. The lowest BCUT2D eigenvalue weighted by Gasteiger charge is -2.26. The molecule has 14 heavy (non-hydrogen) atoms. The van der Waals surface area contributed by atoms with E-state index in [1.165, 1.54) is 0 Å². The van der Waals surface area contributed by atoms with Crippen molar-refractivity contribution < 1.29 is 5.11 Å². The number of nitrogens with zero attached hydrogens (tertiary/aromatic N) is 1. The zero-order chi connectivity index (χ0) is 10.8. The number of aromatic nitrogens is 1. The normalized spacial score (nSPS) is 15.2. The largest absolute Gasteiger partial charge is 0.395 e. The van der Waals surface area contributed by atoms with Crippen molar-refractivity contribution in [3.8, 4) is 0 Å². The minimum atomic E-state index is -0.534. The summed E-state index contributed by atoms with van der Waals surface area (Å²) in [4.78, 5) is 3.99. The molecule has 0 amide bonds. The average Bonchev–Trinajstić information content (AvgIpc) is 2.20. The number of aliphatic hydroxyl groups excluding tert-OH is 1. The monoisotopic (exact) mass is 278 g/mol. The predicted molar refractivity (Wildman–Crippen MR) is 60.4 cm³/mol. The number of halogens is 2. The topological polar surface area (TPSA) is 59.1 Å². The molecule has 1 unspecified atom stereocenters. The summed E-state index contributed by atoms with van der Waals surface area (Å²) < 4.78 is 0.824. The molecule has 1 heterocycles. The third-order valence-electron chi connectivity index (χ3n) is 2.26. The van der Waals surface area contributed by atoms with Crippen molar-refractivity contribution in [2.24, 2.45) is 5.73 Å². The van der Waals surface area contributed by atoms with Crippen LogP contribution in [0.2, 0.25) is 5.15 Å². The van der Waals surface area contributed by atoms with Crippen LogP contribution in [0.5, 0.6) is 0 Å². The van der Waals surface area contributed by atoms with E-state index in [1.807, 2.05) is 13.0 Å². The first-order valence-corrected chi connectivity index (χ1v) is 5.33. The SMILES string of the molecule is CC(CN)(CO)c1cc(Br)cnc1Cl. The van der Waals surface area contributed by atoms with Crippen LogP contribution in [0.1, 0.15) is 12.5 Å². The van der Waals surface area contributed by atoms with E-state index in [-0.39, 0.29) is 6.61 Å². The van der Waals surface area contributed by atoms with Gasteiger partial charge in [0.15, 0.2) is 0 Å². The summed E-state index contributed by atoms with van der Waals surface area (Å²) in [6.45, 7) is 2.12. The van der Waals surface area contributed by atoms with Crippen LogP contribution in [-0.2, 0) is 5.41 Å². The van der Waals surface area contributed by atoms with Crippen molar-refractivity contribution in [3.05, 3.63) is 27.5 Å². The van der Waals surface area contributed by atoms with Crippen LogP contribution >= 0.6 is 27.5 Å². The lowest BCUT2D eigenvalue weighted by atomic mass is 9.84. The van der Waals surface area contributed by atoms with Gasteiger partial charge in [0.05, 0.1) is 6.61 Å². The highest BCUT2D eigenvalue weighted by molar-refractivity contribution is 9.10. The molecule has 0 aliphatic rings. The van der Waals surface area contributed by atoms with Crippen LogP contribution in [0, 0.1) is 0 Å². The van der Waals surface area contributed by atoms with Gasteiger partial charge in [-0.05, 0) is 22.0 Å². The summed E-state index contributed by atoms with van der Waals surface area (Å²) >= 11 is 9.24. The maximum atomic E-state index is 9.27. The van der Waals surface area contributed by atoms with Crippen LogP contribution in [-0.4, -0.2) is 23.2 Å². The molecule has 0 radical (unpaired) electrons. The number of hydrogen-bond acceptors (Lipinski definition) is 3. The Bertz CT molecular complexity index is 329. The van der Waals surface area contributed by atoms with Gasteiger partial charge in [0.2, 0.25) is 0 Å². The Morgan fingerprint density at radius 2 is 2.36 bits per heavy atom. The van der Waals surface area contributed by atoms with Gasteiger partial charge in [0, 0.05) is 28.2 Å². The second-order valence-corrected chi connectivity index (χ2v) is 4.69. The first-order chi connectivity index (χ1) is 6.53. The van der Waals surface area contributed by atoms with E-state index in [9.17, 15) is 5.11 Å². The summed E-state index contributed by atoms with van der Waals surface area (Å²) in [5, 5.41) is 9.66. The number of pyridine rings is 1. The molecule has 0 fully saturated rings. The molecule has 0 bridgehead atoms. The van der Waals surface area contributed by atoms with E-state index in [0.29, 0.717) is 11.7 Å².